The van der Waals surface area contributed by atoms with Gasteiger partial charge in [-0.15, -0.1) is 0 Å². The number of hydrogen-bond acceptors (Lipinski definition) is 3. The SMILES string of the molecule is NC(=O)CN1CCC2(CC1)CC(N(C(=O)C(F)(F)F)C1CC1)C2. The average Bonchev–Trinajstić information content (AvgIpc) is 3.22. The van der Waals surface area contributed by atoms with Gasteiger partial charge in [-0.25, -0.2) is 0 Å². The Bertz CT molecular complexity index is 489. The maximum Gasteiger partial charge on any atom is 0.471 e. The van der Waals surface area contributed by atoms with Crippen molar-refractivity contribution in [1.29, 1.82) is 0 Å². The summed E-state index contributed by atoms with van der Waals surface area (Å²) in [5.41, 5.74) is 5.22. The third kappa shape index (κ3) is 3.46. The molecule has 5 nitrogen and oxygen atoms in total. The first-order chi connectivity index (χ1) is 10.7. The zero-order valence-electron chi connectivity index (χ0n) is 12.9. The molecule has 0 aromatic rings. The van der Waals surface area contributed by atoms with Crippen LogP contribution in [0.1, 0.15) is 38.5 Å². The Labute approximate surface area is 133 Å². The van der Waals surface area contributed by atoms with E-state index < -0.39 is 12.1 Å². The van der Waals surface area contributed by atoms with E-state index in [4.69, 9.17) is 5.73 Å². The first-order valence-corrected chi connectivity index (χ1v) is 8.10. The molecule has 0 unspecified atom stereocenters. The van der Waals surface area contributed by atoms with Gasteiger partial charge >= 0.3 is 12.1 Å². The van der Waals surface area contributed by atoms with E-state index in [1.807, 2.05) is 4.90 Å². The van der Waals surface area contributed by atoms with Gasteiger partial charge in [0.1, 0.15) is 0 Å². The molecule has 1 heterocycles. The molecule has 8 heteroatoms. The van der Waals surface area contributed by atoms with E-state index in [0.29, 0.717) is 25.7 Å². The van der Waals surface area contributed by atoms with E-state index >= 15 is 0 Å². The molecule has 1 spiro atoms. The quantitative estimate of drug-likeness (QED) is 0.842. The van der Waals surface area contributed by atoms with Crippen molar-refractivity contribution in [3.05, 3.63) is 0 Å². The molecule has 1 saturated heterocycles. The Morgan fingerprint density at radius 2 is 1.70 bits per heavy atom. The third-order valence-corrected chi connectivity index (χ3v) is 5.44. The fourth-order valence-electron chi connectivity index (χ4n) is 4.08. The summed E-state index contributed by atoms with van der Waals surface area (Å²) in [5.74, 6) is -2.03. The fraction of sp³-hybridized carbons (Fsp3) is 0.867. The molecule has 0 aromatic carbocycles. The summed E-state index contributed by atoms with van der Waals surface area (Å²) < 4.78 is 38.3. The number of alkyl halides is 3. The number of nitrogens with two attached hydrogens (primary N) is 1. The number of likely N-dealkylation sites (tertiary alicyclic amines) is 1. The lowest BCUT2D eigenvalue weighted by atomic mass is 9.60. The third-order valence-electron chi connectivity index (χ3n) is 5.44. The summed E-state index contributed by atoms with van der Waals surface area (Å²) >= 11 is 0. The maximum atomic E-state index is 12.8. The van der Waals surface area contributed by atoms with Gasteiger partial charge in [-0.05, 0) is 57.0 Å². The minimum absolute atomic E-state index is 0.0395. The second kappa shape index (κ2) is 5.65. The van der Waals surface area contributed by atoms with Crippen LogP contribution in [0.15, 0.2) is 0 Å². The Morgan fingerprint density at radius 3 is 2.13 bits per heavy atom. The van der Waals surface area contributed by atoms with Crippen molar-refractivity contribution in [3.63, 3.8) is 0 Å². The topological polar surface area (TPSA) is 66.6 Å². The second-order valence-corrected chi connectivity index (χ2v) is 7.25. The smallest absolute Gasteiger partial charge is 0.369 e. The maximum absolute atomic E-state index is 12.8. The lowest BCUT2D eigenvalue weighted by Crippen LogP contribution is -2.59. The number of piperidine rings is 1. The lowest BCUT2D eigenvalue weighted by Gasteiger charge is -2.55. The number of carbonyl (C=O) groups is 2. The van der Waals surface area contributed by atoms with Gasteiger partial charge < -0.3 is 10.6 Å². The van der Waals surface area contributed by atoms with Crippen LogP contribution in [0.2, 0.25) is 0 Å². The second-order valence-electron chi connectivity index (χ2n) is 7.25. The van der Waals surface area contributed by atoms with Crippen molar-refractivity contribution >= 4 is 11.8 Å². The van der Waals surface area contributed by atoms with Gasteiger partial charge in [-0.1, -0.05) is 0 Å². The Balaban J connectivity index is 1.55. The summed E-state index contributed by atoms with van der Waals surface area (Å²) in [4.78, 5) is 25.7. The molecule has 2 saturated carbocycles. The van der Waals surface area contributed by atoms with E-state index in [0.717, 1.165) is 30.8 Å². The average molecular weight is 333 g/mol. The van der Waals surface area contributed by atoms with Crippen LogP contribution in [-0.4, -0.2) is 59.5 Å². The van der Waals surface area contributed by atoms with Crippen molar-refractivity contribution in [2.75, 3.05) is 19.6 Å². The van der Waals surface area contributed by atoms with E-state index in [2.05, 4.69) is 0 Å². The molecule has 0 radical (unpaired) electrons. The first kappa shape index (κ1) is 16.5. The zero-order chi connectivity index (χ0) is 16.8. The van der Waals surface area contributed by atoms with Crippen LogP contribution in [-0.2, 0) is 9.59 Å². The molecule has 3 rings (SSSR count). The summed E-state index contributed by atoms with van der Waals surface area (Å²) in [6, 6.07) is -0.499. The van der Waals surface area contributed by atoms with Crippen molar-refractivity contribution < 1.29 is 22.8 Å². The summed E-state index contributed by atoms with van der Waals surface area (Å²) in [5, 5.41) is 0. The van der Waals surface area contributed by atoms with Crippen molar-refractivity contribution in [2.45, 2.75) is 56.8 Å². The molecular weight excluding hydrogens is 311 g/mol. The molecule has 130 valence electrons. The number of amides is 2. The van der Waals surface area contributed by atoms with Crippen LogP contribution >= 0.6 is 0 Å². The minimum atomic E-state index is -4.78. The number of nitrogens with zero attached hydrogens (tertiary/aromatic N) is 2. The molecular formula is C15H22F3N3O2. The number of hydrogen-bond donors (Lipinski definition) is 1. The Morgan fingerprint density at radius 1 is 1.13 bits per heavy atom. The van der Waals surface area contributed by atoms with Crippen LogP contribution < -0.4 is 5.73 Å². The van der Waals surface area contributed by atoms with Gasteiger partial charge in [0.15, 0.2) is 0 Å². The minimum Gasteiger partial charge on any atom is -0.369 e. The largest absolute Gasteiger partial charge is 0.471 e. The van der Waals surface area contributed by atoms with Gasteiger partial charge in [-0.2, -0.15) is 13.2 Å². The molecule has 0 aromatic heterocycles. The van der Waals surface area contributed by atoms with Gasteiger partial charge in [0, 0.05) is 12.1 Å². The Hall–Kier alpha value is -1.31. The molecule has 0 bridgehead atoms. The number of carbonyl (C=O) groups excluding carboxylic acids is 2. The number of rotatable bonds is 4. The molecule has 23 heavy (non-hydrogen) atoms. The number of halogens is 3. The molecule has 2 N–H and O–H groups in total. The molecule has 3 fully saturated rings. The van der Waals surface area contributed by atoms with E-state index in [9.17, 15) is 22.8 Å². The Kier molecular flexibility index (Phi) is 4.06. The molecule has 1 aliphatic heterocycles. The van der Waals surface area contributed by atoms with E-state index in [1.165, 1.54) is 0 Å². The standard InChI is InChI=1S/C15H22F3N3O2/c16-15(17,18)13(23)21(10-1-2-10)11-7-14(8-11)3-5-20(6-4-14)9-12(19)22/h10-11H,1-9H2,(H2,19,22). The van der Waals surface area contributed by atoms with Gasteiger partial charge in [0.05, 0.1) is 6.54 Å². The molecule has 0 atom stereocenters. The highest BCUT2D eigenvalue weighted by Gasteiger charge is 2.55. The monoisotopic (exact) mass is 333 g/mol. The van der Waals surface area contributed by atoms with Gasteiger partial charge in [0.25, 0.3) is 0 Å². The van der Waals surface area contributed by atoms with Crippen LogP contribution in [0, 0.1) is 5.41 Å². The molecule has 3 aliphatic rings. The van der Waals surface area contributed by atoms with Crippen molar-refractivity contribution in [1.82, 2.24) is 9.80 Å². The van der Waals surface area contributed by atoms with Crippen LogP contribution in [0.3, 0.4) is 0 Å². The number of primary amides is 1. The van der Waals surface area contributed by atoms with Crippen LogP contribution in [0.5, 0.6) is 0 Å². The highest BCUT2D eigenvalue weighted by atomic mass is 19.4. The fourth-order valence-corrected chi connectivity index (χ4v) is 4.08. The van der Waals surface area contributed by atoms with Gasteiger partial charge in [-0.3, -0.25) is 14.5 Å². The zero-order valence-corrected chi connectivity index (χ0v) is 12.9. The summed E-state index contributed by atoms with van der Waals surface area (Å²) in [6.45, 7) is 1.72. The summed E-state index contributed by atoms with van der Waals surface area (Å²) in [6.07, 6.45) is -0.415. The van der Waals surface area contributed by atoms with Gasteiger partial charge in [0.2, 0.25) is 5.91 Å². The van der Waals surface area contributed by atoms with E-state index in [1.54, 1.807) is 0 Å². The van der Waals surface area contributed by atoms with Crippen LogP contribution in [0.4, 0.5) is 13.2 Å². The summed E-state index contributed by atoms with van der Waals surface area (Å²) in [7, 11) is 0. The van der Waals surface area contributed by atoms with E-state index in [-0.39, 0.29) is 30.0 Å². The molecule has 2 aliphatic carbocycles. The predicted molar refractivity (Wildman–Crippen MR) is 76.2 cm³/mol. The van der Waals surface area contributed by atoms with Crippen molar-refractivity contribution in [2.24, 2.45) is 11.1 Å². The highest BCUT2D eigenvalue weighted by Crippen LogP contribution is 2.53. The normalized spacial score (nSPS) is 25.2. The highest BCUT2D eigenvalue weighted by molar-refractivity contribution is 5.83. The molecule has 2 amide bonds. The first-order valence-electron chi connectivity index (χ1n) is 8.10. The predicted octanol–water partition coefficient (Wildman–Crippen LogP) is 1.27. The van der Waals surface area contributed by atoms with Crippen LogP contribution in [0.25, 0.3) is 0 Å². The van der Waals surface area contributed by atoms with Crippen molar-refractivity contribution in [3.8, 4) is 0 Å². The lowest BCUT2D eigenvalue weighted by molar-refractivity contribution is -0.194.